The van der Waals surface area contributed by atoms with Gasteiger partial charge in [-0.05, 0) is 35.7 Å². The van der Waals surface area contributed by atoms with Crippen molar-refractivity contribution in [3.8, 4) is 0 Å². The summed E-state index contributed by atoms with van der Waals surface area (Å²) in [6, 6.07) is 10.7. The van der Waals surface area contributed by atoms with E-state index in [-0.39, 0.29) is 18.0 Å². The van der Waals surface area contributed by atoms with Gasteiger partial charge in [0.2, 0.25) is 10.0 Å². The van der Waals surface area contributed by atoms with Gasteiger partial charge >= 0.3 is 0 Å². The van der Waals surface area contributed by atoms with Crippen molar-refractivity contribution in [1.29, 1.82) is 0 Å². The molecule has 0 atom stereocenters. The largest absolute Gasteiger partial charge is 0.392 e. The van der Waals surface area contributed by atoms with Crippen molar-refractivity contribution in [1.82, 2.24) is 4.72 Å². The van der Waals surface area contributed by atoms with Crippen molar-refractivity contribution in [3.63, 3.8) is 0 Å². The molecule has 0 fully saturated rings. The summed E-state index contributed by atoms with van der Waals surface area (Å²) in [4.78, 5) is -0.0995. The molecule has 4 nitrogen and oxygen atoms in total. The minimum Gasteiger partial charge on any atom is -0.392 e. The molecule has 0 aliphatic heterocycles. The maximum Gasteiger partial charge on any atom is 0.240 e. The van der Waals surface area contributed by atoms with Crippen LogP contribution in [0.4, 0.5) is 4.39 Å². The smallest absolute Gasteiger partial charge is 0.240 e. The first kappa shape index (κ1) is 15.6. The molecule has 0 spiro atoms. The van der Waals surface area contributed by atoms with E-state index in [9.17, 15) is 12.8 Å². The number of hydrogen-bond acceptors (Lipinski definition) is 3. The highest BCUT2D eigenvalue weighted by atomic mass is 32.2. The molecule has 2 aromatic rings. The summed E-state index contributed by atoms with van der Waals surface area (Å²) < 4.78 is 40.0. The zero-order valence-electron chi connectivity index (χ0n) is 11.5. The van der Waals surface area contributed by atoms with Crippen molar-refractivity contribution in [3.05, 3.63) is 65.0 Å². The first-order chi connectivity index (χ1) is 9.92. The maximum absolute atomic E-state index is 13.4. The number of sulfonamides is 1. The Morgan fingerprint density at radius 2 is 1.71 bits per heavy atom. The van der Waals surface area contributed by atoms with Gasteiger partial charge in [-0.2, -0.15) is 0 Å². The fourth-order valence-corrected chi connectivity index (χ4v) is 2.79. The van der Waals surface area contributed by atoms with Crippen molar-refractivity contribution in [2.75, 3.05) is 0 Å². The summed E-state index contributed by atoms with van der Waals surface area (Å²) in [5, 5.41) is 8.94. The Hall–Kier alpha value is -1.76. The molecule has 2 rings (SSSR count). The van der Waals surface area contributed by atoms with Gasteiger partial charge in [0.1, 0.15) is 5.82 Å². The van der Waals surface area contributed by atoms with E-state index < -0.39 is 15.8 Å². The number of aliphatic hydroxyl groups excluding tert-OH is 1. The van der Waals surface area contributed by atoms with E-state index in [0.29, 0.717) is 5.56 Å². The SMILES string of the molecule is Cc1ccc(S(=O)(=O)NCc2ccc(CO)cc2)cc1F. The third-order valence-electron chi connectivity index (χ3n) is 3.13. The topological polar surface area (TPSA) is 66.4 Å². The van der Waals surface area contributed by atoms with E-state index in [1.54, 1.807) is 31.2 Å². The first-order valence-corrected chi connectivity index (χ1v) is 7.85. The molecule has 21 heavy (non-hydrogen) atoms. The second-order valence-corrected chi connectivity index (χ2v) is 6.48. The standard InChI is InChI=1S/C15H16FNO3S/c1-11-2-7-14(8-15(11)16)21(19,20)17-9-12-3-5-13(10-18)6-4-12/h2-8,17-18H,9-10H2,1H3. The summed E-state index contributed by atoms with van der Waals surface area (Å²) in [5.74, 6) is -0.551. The molecule has 0 amide bonds. The van der Waals surface area contributed by atoms with Crippen LogP contribution in [0.1, 0.15) is 16.7 Å². The second kappa shape index (κ2) is 6.34. The Morgan fingerprint density at radius 1 is 1.10 bits per heavy atom. The van der Waals surface area contributed by atoms with Crippen LogP contribution < -0.4 is 4.72 Å². The number of aliphatic hydroxyl groups is 1. The molecule has 112 valence electrons. The normalized spacial score (nSPS) is 11.6. The van der Waals surface area contributed by atoms with Gasteiger partial charge < -0.3 is 5.11 Å². The van der Waals surface area contributed by atoms with Gasteiger partial charge in [-0.15, -0.1) is 0 Å². The van der Waals surface area contributed by atoms with Crippen LogP contribution in [0.3, 0.4) is 0 Å². The lowest BCUT2D eigenvalue weighted by molar-refractivity contribution is 0.282. The lowest BCUT2D eigenvalue weighted by Gasteiger charge is -2.08. The monoisotopic (exact) mass is 309 g/mol. The highest BCUT2D eigenvalue weighted by Gasteiger charge is 2.15. The van der Waals surface area contributed by atoms with E-state index in [1.165, 1.54) is 12.1 Å². The third kappa shape index (κ3) is 3.87. The van der Waals surface area contributed by atoms with E-state index in [1.807, 2.05) is 0 Å². The van der Waals surface area contributed by atoms with Crippen LogP contribution in [0.5, 0.6) is 0 Å². The summed E-state index contributed by atoms with van der Waals surface area (Å²) in [6.07, 6.45) is 0. The second-order valence-electron chi connectivity index (χ2n) is 4.71. The Kier molecular flexibility index (Phi) is 4.72. The molecule has 0 aliphatic rings. The van der Waals surface area contributed by atoms with E-state index in [0.717, 1.165) is 17.2 Å². The molecule has 0 saturated carbocycles. The zero-order valence-corrected chi connectivity index (χ0v) is 12.3. The van der Waals surface area contributed by atoms with Gasteiger partial charge in [0.05, 0.1) is 11.5 Å². The van der Waals surface area contributed by atoms with Crippen LogP contribution >= 0.6 is 0 Å². The minimum absolute atomic E-state index is 0.0609. The van der Waals surface area contributed by atoms with Crippen LogP contribution in [0, 0.1) is 12.7 Å². The predicted octanol–water partition coefficient (Wildman–Crippen LogP) is 2.10. The predicted molar refractivity (Wildman–Crippen MR) is 77.5 cm³/mol. The molecule has 0 saturated heterocycles. The Balaban J connectivity index is 2.11. The number of nitrogens with one attached hydrogen (secondary N) is 1. The van der Waals surface area contributed by atoms with Gasteiger partial charge in [0.25, 0.3) is 0 Å². The molecule has 0 radical (unpaired) electrons. The van der Waals surface area contributed by atoms with Gasteiger partial charge in [0, 0.05) is 6.54 Å². The van der Waals surface area contributed by atoms with E-state index >= 15 is 0 Å². The minimum atomic E-state index is -3.75. The number of benzene rings is 2. The molecule has 2 N–H and O–H groups in total. The Morgan fingerprint density at radius 3 is 2.29 bits per heavy atom. The average molecular weight is 309 g/mol. The number of halogens is 1. The zero-order chi connectivity index (χ0) is 15.5. The Labute approximate surface area is 123 Å². The van der Waals surface area contributed by atoms with Crippen LogP contribution in [0.2, 0.25) is 0 Å². The number of rotatable bonds is 5. The van der Waals surface area contributed by atoms with Crippen molar-refractivity contribution < 1.29 is 17.9 Å². The highest BCUT2D eigenvalue weighted by molar-refractivity contribution is 7.89. The number of hydrogen-bond donors (Lipinski definition) is 2. The van der Waals surface area contributed by atoms with Gasteiger partial charge in [-0.25, -0.2) is 17.5 Å². The van der Waals surface area contributed by atoms with Gasteiger partial charge in [-0.3, -0.25) is 0 Å². The van der Waals surface area contributed by atoms with E-state index in [2.05, 4.69) is 4.72 Å². The molecule has 2 aromatic carbocycles. The molecule has 0 bridgehead atoms. The lowest BCUT2D eigenvalue weighted by atomic mass is 10.1. The Bertz CT molecular complexity index is 727. The molecule has 0 unspecified atom stereocenters. The van der Waals surface area contributed by atoms with Crippen LogP contribution in [0.25, 0.3) is 0 Å². The van der Waals surface area contributed by atoms with Crippen molar-refractivity contribution >= 4 is 10.0 Å². The van der Waals surface area contributed by atoms with Crippen LogP contribution in [-0.2, 0) is 23.2 Å². The molecule has 0 aromatic heterocycles. The van der Waals surface area contributed by atoms with Gasteiger partial charge in [-0.1, -0.05) is 30.3 Å². The van der Waals surface area contributed by atoms with Gasteiger partial charge in [0.15, 0.2) is 0 Å². The number of aryl methyl sites for hydroxylation is 1. The molecule has 0 aliphatic carbocycles. The molecular formula is C15H16FNO3S. The van der Waals surface area contributed by atoms with Crippen LogP contribution in [0.15, 0.2) is 47.4 Å². The van der Waals surface area contributed by atoms with Crippen LogP contribution in [-0.4, -0.2) is 13.5 Å². The lowest BCUT2D eigenvalue weighted by Crippen LogP contribution is -2.23. The van der Waals surface area contributed by atoms with Crippen molar-refractivity contribution in [2.24, 2.45) is 0 Å². The molecular weight excluding hydrogens is 293 g/mol. The fraction of sp³-hybridized carbons (Fsp3) is 0.200. The quantitative estimate of drug-likeness (QED) is 0.889. The summed E-state index contributed by atoms with van der Waals surface area (Å²) in [7, 11) is -3.75. The average Bonchev–Trinajstić information content (AvgIpc) is 2.48. The maximum atomic E-state index is 13.4. The summed E-state index contributed by atoms with van der Waals surface area (Å²) in [6.45, 7) is 1.61. The van der Waals surface area contributed by atoms with E-state index in [4.69, 9.17) is 5.11 Å². The summed E-state index contributed by atoms with van der Waals surface area (Å²) >= 11 is 0. The van der Waals surface area contributed by atoms with Crippen molar-refractivity contribution in [2.45, 2.75) is 25.0 Å². The molecule has 6 heteroatoms. The third-order valence-corrected chi connectivity index (χ3v) is 4.52. The highest BCUT2D eigenvalue weighted by Crippen LogP contribution is 2.14. The fourth-order valence-electron chi connectivity index (χ4n) is 1.76. The molecule has 0 heterocycles. The first-order valence-electron chi connectivity index (χ1n) is 6.37. The summed E-state index contributed by atoms with van der Waals surface area (Å²) in [5.41, 5.74) is 1.90.